The van der Waals surface area contributed by atoms with E-state index in [4.69, 9.17) is 20.3 Å². The monoisotopic (exact) mass is 177 g/mol. The second kappa shape index (κ2) is 8.45. The summed E-state index contributed by atoms with van der Waals surface area (Å²) in [4.78, 5) is 9.96. The summed E-state index contributed by atoms with van der Waals surface area (Å²) < 4.78 is 9.80. The number of ether oxygens (including phenoxy) is 2. The highest BCUT2D eigenvalue weighted by Crippen LogP contribution is 1.84. The van der Waals surface area contributed by atoms with Gasteiger partial charge in [0.1, 0.15) is 6.61 Å². The van der Waals surface area contributed by atoms with Gasteiger partial charge in [0, 0.05) is 19.8 Å². The molecule has 0 aliphatic heterocycles. The van der Waals surface area contributed by atoms with Crippen LogP contribution in [0.4, 0.5) is 0 Å². The predicted molar refractivity (Wildman–Crippen MR) is 42.9 cm³/mol. The summed E-state index contributed by atoms with van der Waals surface area (Å²) in [5.74, 6) is -0.946. The van der Waals surface area contributed by atoms with Gasteiger partial charge in [0.25, 0.3) is 0 Å². The van der Waals surface area contributed by atoms with Gasteiger partial charge in [-0.15, -0.1) is 0 Å². The first-order valence-corrected chi connectivity index (χ1v) is 3.84. The quantitative estimate of drug-likeness (QED) is 0.486. The van der Waals surface area contributed by atoms with Crippen molar-refractivity contribution in [1.29, 1.82) is 0 Å². The molecule has 0 aromatic rings. The Bertz CT molecular complexity index is 118. The Morgan fingerprint density at radius 3 is 2.50 bits per heavy atom. The Labute approximate surface area is 71.5 Å². The second-order valence-corrected chi connectivity index (χ2v) is 2.20. The maximum Gasteiger partial charge on any atom is 0.329 e. The summed E-state index contributed by atoms with van der Waals surface area (Å²) in [7, 11) is 0. The largest absolute Gasteiger partial charge is 0.480 e. The van der Waals surface area contributed by atoms with Crippen molar-refractivity contribution in [1.82, 2.24) is 0 Å². The highest BCUT2D eigenvalue weighted by molar-refractivity contribution is 5.67. The Morgan fingerprint density at radius 2 is 1.92 bits per heavy atom. The van der Waals surface area contributed by atoms with Crippen molar-refractivity contribution >= 4 is 5.97 Å². The lowest BCUT2D eigenvalue weighted by Gasteiger charge is -2.02. The van der Waals surface area contributed by atoms with Crippen LogP contribution in [0.15, 0.2) is 0 Å². The van der Waals surface area contributed by atoms with Crippen molar-refractivity contribution in [2.24, 2.45) is 5.73 Å². The molecule has 0 spiro atoms. The molecule has 0 heterocycles. The molecule has 0 aliphatic rings. The molecule has 0 aromatic carbocycles. The summed E-state index contributed by atoms with van der Waals surface area (Å²) in [6.07, 6.45) is 0.702. The number of hydrogen-bond donors (Lipinski definition) is 2. The summed E-state index contributed by atoms with van der Waals surface area (Å²) in [5, 5.41) is 8.18. The SMILES string of the molecule is NCCOCCCOCC(=O)O. The van der Waals surface area contributed by atoms with Crippen LogP contribution in [0.5, 0.6) is 0 Å². The van der Waals surface area contributed by atoms with Gasteiger partial charge >= 0.3 is 5.97 Å². The normalized spacial score (nSPS) is 10.1. The second-order valence-electron chi connectivity index (χ2n) is 2.20. The van der Waals surface area contributed by atoms with Crippen molar-refractivity contribution in [3.8, 4) is 0 Å². The van der Waals surface area contributed by atoms with Gasteiger partial charge in [-0.3, -0.25) is 0 Å². The van der Waals surface area contributed by atoms with Gasteiger partial charge in [0.05, 0.1) is 6.61 Å². The zero-order chi connectivity index (χ0) is 9.23. The van der Waals surface area contributed by atoms with Crippen LogP contribution < -0.4 is 5.73 Å². The third kappa shape index (κ3) is 9.35. The zero-order valence-electron chi connectivity index (χ0n) is 6.99. The van der Waals surface area contributed by atoms with Crippen molar-refractivity contribution in [2.45, 2.75) is 6.42 Å². The molecule has 5 nitrogen and oxygen atoms in total. The van der Waals surface area contributed by atoms with E-state index in [1.807, 2.05) is 0 Å². The Balaban J connectivity index is 2.86. The molecule has 0 saturated carbocycles. The molecule has 3 N–H and O–H groups in total. The summed E-state index contributed by atoms with van der Waals surface area (Å²) >= 11 is 0. The molecule has 72 valence electrons. The molecule has 0 aromatic heterocycles. The van der Waals surface area contributed by atoms with E-state index in [0.717, 1.165) is 0 Å². The van der Waals surface area contributed by atoms with Crippen molar-refractivity contribution in [3.63, 3.8) is 0 Å². The van der Waals surface area contributed by atoms with Crippen molar-refractivity contribution in [2.75, 3.05) is 33.0 Å². The number of hydrogen-bond acceptors (Lipinski definition) is 4. The first-order valence-electron chi connectivity index (χ1n) is 3.84. The first kappa shape index (κ1) is 11.4. The Kier molecular flexibility index (Phi) is 7.99. The maximum absolute atomic E-state index is 9.96. The van der Waals surface area contributed by atoms with E-state index in [2.05, 4.69) is 0 Å². The topological polar surface area (TPSA) is 81.8 Å². The number of nitrogens with two attached hydrogens (primary N) is 1. The molecule has 0 rings (SSSR count). The lowest BCUT2D eigenvalue weighted by atomic mass is 10.5. The highest BCUT2D eigenvalue weighted by Gasteiger charge is 1.95. The Morgan fingerprint density at radius 1 is 1.25 bits per heavy atom. The maximum atomic E-state index is 9.96. The van der Waals surface area contributed by atoms with Crippen LogP contribution in [-0.4, -0.2) is 44.0 Å². The first-order chi connectivity index (χ1) is 5.77. The van der Waals surface area contributed by atoms with Crippen LogP contribution in [0.3, 0.4) is 0 Å². The van der Waals surface area contributed by atoms with Gasteiger partial charge < -0.3 is 20.3 Å². The fraction of sp³-hybridized carbons (Fsp3) is 0.857. The third-order valence-corrected chi connectivity index (χ3v) is 1.07. The third-order valence-electron chi connectivity index (χ3n) is 1.07. The number of aliphatic carboxylic acids is 1. The van der Waals surface area contributed by atoms with Crippen LogP contribution in [0, 0.1) is 0 Å². The molecule has 0 saturated heterocycles. The molecule has 5 heteroatoms. The van der Waals surface area contributed by atoms with Crippen LogP contribution >= 0.6 is 0 Å². The Hall–Kier alpha value is -0.650. The van der Waals surface area contributed by atoms with Gasteiger partial charge in [-0.05, 0) is 6.42 Å². The number of carbonyl (C=O) groups is 1. The molecule has 0 amide bonds. The van der Waals surface area contributed by atoms with Crippen LogP contribution in [0.2, 0.25) is 0 Å². The van der Waals surface area contributed by atoms with Gasteiger partial charge in [-0.25, -0.2) is 4.79 Å². The van der Waals surface area contributed by atoms with Crippen LogP contribution in [0.1, 0.15) is 6.42 Å². The fourth-order valence-corrected chi connectivity index (χ4v) is 0.608. The van der Waals surface area contributed by atoms with Gasteiger partial charge in [0.15, 0.2) is 0 Å². The minimum atomic E-state index is -0.946. The molecule has 12 heavy (non-hydrogen) atoms. The fourth-order valence-electron chi connectivity index (χ4n) is 0.608. The van der Waals surface area contributed by atoms with E-state index < -0.39 is 5.97 Å². The molecule has 0 bridgehead atoms. The smallest absolute Gasteiger partial charge is 0.329 e. The van der Waals surface area contributed by atoms with Crippen LogP contribution in [-0.2, 0) is 14.3 Å². The molecule has 0 aliphatic carbocycles. The van der Waals surface area contributed by atoms with E-state index in [-0.39, 0.29) is 6.61 Å². The van der Waals surface area contributed by atoms with Gasteiger partial charge in [0.2, 0.25) is 0 Å². The summed E-state index contributed by atoms with van der Waals surface area (Å²) in [6.45, 7) is 1.79. The zero-order valence-corrected chi connectivity index (χ0v) is 6.99. The summed E-state index contributed by atoms with van der Waals surface area (Å²) in [5.41, 5.74) is 5.18. The summed E-state index contributed by atoms with van der Waals surface area (Å²) in [6, 6.07) is 0. The molecule has 0 radical (unpaired) electrons. The molecular formula is C7H15NO4. The van der Waals surface area contributed by atoms with Crippen LogP contribution in [0.25, 0.3) is 0 Å². The standard InChI is InChI=1S/C7H15NO4/c8-2-5-11-3-1-4-12-6-7(9)10/h1-6,8H2,(H,9,10). The van der Waals surface area contributed by atoms with Gasteiger partial charge in [-0.1, -0.05) is 0 Å². The lowest BCUT2D eigenvalue weighted by Crippen LogP contribution is -2.12. The van der Waals surface area contributed by atoms with Crippen molar-refractivity contribution < 1.29 is 19.4 Å². The van der Waals surface area contributed by atoms with Gasteiger partial charge in [-0.2, -0.15) is 0 Å². The predicted octanol–water partition coefficient (Wildman–Crippen LogP) is -0.547. The minimum absolute atomic E-state index is 0.239. The number of carboxylic acids is 1. The lowest BCUT2D eigenvalue weighted by molar-refractivity contribution is -0.142. The van der Waals surface area contributed by atoms with Crippen molar-refractivity contribution in [3.05, 3.63) is 0 Å². The van der Waals surface area contributed by atoms with E-state index in [1.54, 1.807) is 0 Å². The number of carboxylic acid groups (broad SMARTS) is 1. The van der Waals surface area contributed by atoms with E-state index in [9.17, 15) is 4.79 Å². The highest BCUT2D eigenvalue weighted by atomic mass is 16.5. The average Bonchev–Trinajstić information content (AvgIpc) is 2.02. The number of rotatable bonds is 8. The van der Waals surface area contributed by atoms with E-state index in [1.165, 1.54) is 0 Å². The molecular weight excluding hydrogens is 162 g/mol. The average molecular weight is 177 g/mol. The molecule has 0 fully saturated rings. The minimum Gasteiger partial charge on any atom is -0.480 e. The molecule has 0 atom stereocenters. The van der Waals surface area contributed by atoms with E-state index in [0.29, 0.717) is 32.8 Å². The molecule has 0 unspecified atom stereocenters. The van der Waals surface area contributed by atoms with E-state index >= 15 is 0 Å².